The highest BCUT2D eigenvalue weighted by Gasteiger charge is 2.36. The molecular weight excluding hydrogens is 144 g/mol. The average molecular weight is 158 g/mol. The third-order valence-corrected chi connectivity index (χ3v) is 3.66. The number of thioether (sulfide) groups is 1. The Balaban J connectivity index is 2.59. The maximum absolute atomic E-state index is 10.7. The minimum atomic E-state index is -0.0145. The Bertz CT molecular complexity index is 135. The van der Waals surface area contributed by atoms with Gasteiger partial charge in [-0.25, -0.2) is 0 Å². The van der Waals surface area contributed by atoms with E-state index in [9.17, 15) is 4.79 Å². The van der Waals surface area contributed by atoms with Crippen molar-refractivity contribution in [2.45, 2.75) is 30.9 Å². The number of hydrogen-bond donors (Lipinski definition) is 0. The molecule has 1 nitrogen and oxygen atoms in total. The second-order valence-electron chi connectivity index (χ2n) is 3.23. The van der Waals surface area contributed by atoms with Crippen LogP contribution >= 0.6 is 11.8 Å². The number of carbonyl (C=O) groups is 1. The van der Waals surface area contributed by atoms with Gasteiger partial charge < -0.3 is 4.79 Å². The minimum absolute atomic E-state index is 0.0145. The first-order chi connectivity index (χ1) is 4.72. The summed E-state index contributed by atoms with van der Waals surface area (Å²) in [5.41, 5.74) is 0. The van der Waals surface area contributed by atoms with E-state index in [4.69, 9.17) is 0 Å². The van der Waals surface area contributed by atoms with Crippen molar-refractivity contribution < 1.29 is 4.79 Å². The zero-order chi connectivity index (χ0) is 7.61. The van der Waals surface area contributed by atoms with Crippen LogP contribution in [0.1, 0.15) is 26.2 Å². The lowest BCUT2D eigenvalue weighted by molar-refractivity contribution is -0.109. The van der Waals surface area contributed by atoms with Gasteiger partial charge in [-0.05, 0) is 31.4 Å². The summed E-state index contributed by atoms with van der Waals surface area (Å²) in [4.78, 5) is 10.7. The quantitative estimate of drug-likeness (QED) is 0.572. The zero-order valence-electron chi connectivity index (χ0n) is 6.59. The molecule has 0 spiro atoms. The van der Waals surface area contributed by atoms with E-state index in [1.807, 2.05) is 6.26 Å². The summed E-state index contributed by atoms with van der Waals surface area (Å²) in [5.74, 6) is 0.748. The predicted molar refractivity (Wildman–Crippen MR) is 45.3 cm³/mol. The predicted octanol–water partition coefficient (Wildman–Crippen LogP) is 2.11. The van der Waals surface area contributed by atoms with Crippen LogP contribution in [-0.2, 0) is 4.79 Å². The molecule has 0 aromatic rings. The molecule has 1 rings (SSSR count). The highest BCUT2D eigenvalue weighted by atomic mass is 32.2. The van der Waals surface area contributed by atoms with Gasteiger partial charge in [0, 0.05) is 0 Å². The van der Waals surface area contributed by atoms with Crippen LogP contribution in [0.4, 0.5) is 0 Å². The fourth-order valence-electron chi connectivity index (χ4n) is 1.63. The van der Waals surface area contributed by atoms with Crippen LogP contribution in [-0.4, -0.2) is 17.3 Å². The Hall–Kier alpha value is 0.0200. The molecule has 1 aliphatic rings. The van der Waals surface area contributed by atoms with Gasteiger partial charge in [0.1, 0.15) is 6.29 Å². The van der Waals surface area contributed by atoms with Crippen molar-refractivity contribution in [2.75, 3.05) is 6.26 Å². The van der Waals surface area contributed by atoms with Crippen LogP contribution in [0.25, 0.3) is 0 Å². The Morgan fingerprint density at radius 2 is 2.40 bits per heavy atom. The molecule has 2 atom stereocenters. The second kappa shape index (κ2) is 2.95. The Labute approximate surface area is 66.6 Å². The Kier molecular flexibility index (Phi) is 2.40. The fraction of sp³-hybridized carbons (Fsp3) is 0.875. The molecule has 10 heavy (non-hydrogen) atoms. The van der Waals surface area contributed by atoms with Crippen molar-refractivity contribution in [1.82, 2.24) is 0 Å². The fourth-order valence-corrected chi connectivity index (χ4v) is 2.49. The molecule has 0 amide bonds. The van der Waals surface area contributed by atoms with E-state index in [0.717, 1.165) is 25.0 Å². The first kappa shape index (κ1) is 8.12. The van der Waals surface area contributed by atoms with Crippen molar-refractivity contribution in [3.05, 3.63) is 0 Å². The van der Waals surface area contributed by atoms with Gasteiger partial charge in [0.15, 0.2) is 0 Å². The summed E-state index contributed by atoms with van der Waals surface area (Å²) in [6, 6.07) is 0. The van der Waals surface area contributed by atoms with Gasteiger partial charge in [0.25, 0.3) is 0 Å². The lowest BCUT2D eigenvalue weighted by Crippen LogP contribution is -2.21. The SMILES string of the molecule is CSC1(C=O)CCC(C)C1. The van der Waals surface area contributed by atoms with Crippen LogP contribution in [0.2, 0.25) is 0 Å². The Morgan fingerprint density at radius 1 is 1.70 bits per heavy atom. The Morgan fingerprint density at radius 3 is 2.60 bits per heavy atom. The summed E-state index contributed by atoms with van der Waals surface area (Å²) >= 11 is 1.72. The molecule has 0 saturated heterocycles. The number of carbonyl (C=O) groups excluding carboxylic acids is 1. The second-order valence-corrected chi connectivity index (χ2v) is 4.46. The molecule has 58 valence electrons. The van der Waals surface area contributed by atoms with Gasteiger partial charge >= 0.3 is 0 Å². The zero-order valence-corrected chi connectivity index (χ0v) is 7.41. The molecule has 1 fully saturated rings. The summed E-state index contributed by atoms with van der Waals surface area (Å²) < 4.78 is -0.0145. The molecule has 2 heteroatoms. The van der Waals surface area contributed by atoms with Gasteiger partial charge in [-0.3, -0.25) is 0 Å². The molecule has 0 heterocycles. The van der Waals surface area contributed by atoms with E-state index in [-0.39, 0.29) is 4.75 Å². The van der Waals surface area contributed by atoms with E-state index in [1.54, 1.807) is 11.8 Å². The van der Waals surface area contributed by atoms with Crippen molar-refractivity contribution in [2.24, 2.45) is 5.92 Å². The maximum atomic E-state index is 10.7. The van der Waals surface area contributed by atoms with Crippen LogP contribution in [0.3, 0.4) is 0 Å². The minimum Gasteiger partial charge on any atom is -0.302 e. The molecule has 1 saturated carbocycles. The maximum Gasteiger partial charge on any atom is 0.136 e. The van der Waals surface area contributed by atoms with Gasteiger partial charge in [0.05, 0.1) is 4.75 Å². The van der Waals surface area contributed by atoms with Gasteiger partial charge in [-0.1, -0.05) is 6.92 Å². The largest absolute Gasteiger partial charge is 0.302 e. The molecule has 0 aromatic heterocycles. The molecule has 1 aliphatic carbocycles. The molecule has 0 aliphatic heterocycles. The smallest absolute Gasteiger partial charge is 0.136 e. The first-order valence-electron chi connectivity index (χ1n) is 3.74. The lowest BCUT2D eigenvalue weighted by atomic mass is 10.1. The van der Waals surface area contributed by atoms with Crippen LogP contribution in [0.15, 0.2) is 0 Å². The summed E-state index contributed by atoms with van der Waals surface area (Å²) in [6.45, 7) is 2.22. The monoisotopic (exact) mass is 158 g/mol. The topological polar surface area (TPSA) is 17.1 Å². The molecule has 2 unspecified atom stereocenters. The first-order valence-corrected chi connectivity index (χ1v) is 4.96. The summed E-state index contributed by atoms with van der Waals surface area (Å²) in [5, 5.41) is 0. The standard InChI is InChI=1S/C8H14OS/c1-7-3-4-8(5-7,6-9)10-2/h6-7H,3-5H2,1-2H3. The van der Waals surface area contributed by atoms with Crippen molar-refractivity contribution >= 4 is 18.0 Å². The van der Waals surface area contributed by atoms with Crippen LogP contribution in [0.5, 0.6) is 0 Å². The van der Waals surface area contributed by atoms with Gasteiger partial charge in [0.2, 0.25) is 0 Å². The van der Waals surface area contributed by atoms with Gasteiger partial charge in [-0.15, -0.1) is 0 Å². The highest BCUT2D eigenvalue weighted by Crippen LogP contribution is 2.41. The van der Waals surface area contributed by atoms with Crippen molar-refractivity contribution in [3.8, 4) is 0 Å². The molecule has 0 radical (unpaired) electrons. The normalized spacial score (nSPS) is 40.0. The number of hydrogen-bond acceptors (Lipinski definition) is 2. The van der Waals surface area contributed by atoms with E-state index < -0.39 is 0 Å². The highest BCUT2D eigenvalue weighted by molar-refractivity contribution is 8.00. The number of aldehydes is 1. The van der Waals surface area contributed by atoms with Gasteiger partial charge in [-0.2, -0.15) is 11.8 Å². The van der Waals surface area contributed by atoms with E-state index in [0.29, 0.717) is 0 Å². The molecule has 0 bridgehead atoms. The van der Waals surface area contributed by atoms with E-state index in [1.165, 1.54) is 6.42 Å². The average Bonchev–Trinajstić information content (AvgIpc) is 2.33. The summed E-state index contributed by atoms with van der Waals surface area (Å²) in [7, 11) is 0. The lowest BCUT2D eigenvalue weighted by Gasteiger charge is -2.18. The van der Waals surface area contributed by atoms with E-state index in [2.05, 4.69) is 6.92 Å². The molecule has 0 N–H and O–H groups in total. The van der Waals surface area contributed by atoms with Crippen molar-refractivity contribution in [1.29, 1.82) is 0 Å². The third kappa shape index (κ3) is 1.36. The van der Waals surface area contributed by atoms with Crippen LogP contribution in [0, 0.1) is 5.92 Å². The number of rotatable bonds is 2. The van der Waals surface area contributed by atoms with Crippen LogP contribution < -0.4 is 0 Å². The summed E-state index contributed by atoms with van der Waals surface area (Å²) in [6.07, 6.45) is 6.56. The third-order valence-electron chi connectivity index (χ3n) is 2.38. The van der Waals surface area contributed by atoms with Crippen molar-refractivity contribution in [3.63, 3.8) is 0 Å². The molecule has 0 aromatic carbocycles. The van der Waals surface area contributed by atoms with E-state index >= 15 is 0 Å². The molecular formula is C8H14OS.